The number of nitrogens with zero attached hydrogens (tertiary/aromatic N) is 2. The molecule has 1 aromatic carbocycles. The Kier molecular flexibility index (Phi) is 3.71. The van der Waals surface area contributed by atoms with E-state index in [1.54, 1.807) is 0 Å². The van der Waals surface area contributed by atoms with E-state index in [0.29, 0.717) is 3.90 Å². The van der Waals surface area contributed by atoms with Gasteiger partial charge in [-0.3, -0.25) is 0 Å². The standard InChI is InChI=1S/C11H11IN2O/c12-11-14-13-10(15-11)8-4-7-9-5-2-1-3-6-9/h1-3,5-6H,4,7-8H2. The summed E-state index contributed by atoms with van der Waals surface area (Å²) in [6.45, 7) is 0. The van der Waals surface area contributed by atoms with Gasteiger partial charge in [-0.1, -0.05) is 30.3 Å². The first-order valence-electron chi connectivity index (χ1n) is 4.86. The molecule has 0 fully saturated rings. The lowest BCUT2D eigenvalue weighted by atomic mass is 10.1. The molecule has 0 amide bonds. The van der Waals surface area contributed by atoms with Gasteiger partial charge in [-0.2, -0.15) is 0 Å². The third-order valence-electron chi connectivity index (χ3n) is 2.14. The summed E-state index contributed by atoms with van der Waals surface area (Å²) in [7, 11) is 0. The van der Waals surface area contributed by atoms with E-state index in [1.165, 1.54) is 5.56 Å². The summed E-state index contributed by atoms with van der Waals surface area (Å²) in [6.07, 6.45) is 2.95. The molecule has 0 unspecified atom stereocenters. The van der Waals surface area contributed by atoms with Gasteiger partial charge in [0.25, 0.3) is 3.90 Å². The zero-order chi connectivity index (χ0) is 10.5. The summed E-state index contributed by atoms with van der Waals surface area (Å²) in [4.78, 5) is 0. The molecule has 0 aliphatic carbocycles. The van der Waals surface area contributed by atoms with Gasteiger partial charge in [0.05, 0.1) is 0 Å². The van der Waals surface area contributed by atoms with Crippen molar-refractivity contribution < 1.29 is 4.42 Å². The van der Waals surface area contributed by atoms with Crippen molar-refractivity contribution in [2.75, 3.05) is 0 Å². The van der Waals surface area contributed by atoms with E-state index in [9.17, 15) is 0 Å². The molecule has 0 aliphatic rings. The fourth-order valence-corrected chi connectivity index (χ4v) is 1.78. The molecular formula is C11H11IN2O. The number of hydrogen-bond acceptors (Lipinski definition) is 3. The van der Waals surface area contributed by atoms with Crippen molar-refractivity contribution >= 4 is 22.6 Å². The van der Waals surface area contributed by atoms with Crippen LogP contribution in [0.3, 0.4) is 0 Å². The largest absolute Gasteiger partial charge is 0.416 e. The van der Waals surface area contributed by atoms with Crippen molar-refractivity contribution in [1.82, 2.24) is 10.2 Å². The summed E-state index contributed by atoms with van der Waals surface area (Å²) in [5.41, 5.74) is 1.35. The van der Waals surface area contributed by atoms with Crippen LogP contribution in [-0.4, -0.2) is 10.2 Å². The number of hydrogen-bond donors (Lipinski definition) is 0. The van der Waals surface area contributed by atoms with Crippen molar-refractivity contribution in [3.8, 4) is 0 Å². The molecule has 0 saturated carbocycles. The molecule has 1 aromatic heterocycles. The SMILES string of the molecule is Ic1nnc(CCCc2ccccc2)o1. The topological polar surface area (TPSA) is 38.9 Å². The van der Waals surface area contributed by atoms with Crippen LogP contribution in [0.25, 0.3) is 0 Å². The summed E-state index contributed by atoms with van der Waals surface area (Å²) in [5, 5.41) is 7.74. The molecule has 0 bridgehead atoms. The van der Waals surface area contributed by atoms with Crippen molar-refractivity contribution in [3.63, 3.8) is 0 Å². The second kappa shape index (κ2) is 5.25. The van der Waals surface area contributed by atoms with Crippen LogP contribution >= 0.6 is 22.6 Å². The molecule has 3 nitrogen and oxygen atoms in total. The van der Waals surface area contributed by atoms with Crippen LogP contribution in [0.5, 0.6) is 0 Å². The van der Waals surface area contributed by atoms with Gasteiger partial charge in [-0.05, 0) is 18.4 Å². The predicted octanol–water partition coefficient (Wildman–Crippen LogP) is 2.85. The quantitative estimate of drug-likeness (QED) is 0.815. The maximum Gasteiger partial charge on any atom is 0.278 e. The summed E-state index contributed by atoms with van der Waals surface area (Å²) in [6, 6.07) is 10.4. The first kappa shape index (κ1) is 10.6. The minimum Gasteiger partial charge on any atom is -0.416 e. The normalized spacial score (nSPS) is 10.5. The number of benzene rings is 1. The van der Waals surface area contributed by atoms with Gasteiger partial charge in [0.2, 0.25) is 5.89 Å². The van der Waals surface area contributed by atoms with Crippen molar-refractivity contribution in [3.05, 3.63) is 45.7 Å². The second-order valence-corrected chi connectivity index (χ2v) is 4.21. The minimum absolute atomic E-state index is 0.613. The lowest BCUT2D eigenvalue weighted by Crippen LogP contribution is -1.90. The highest BCUT2D eigenvalue weighted by atomic mass is 127. The molecule has 0 saturated heterocycles. The molecule has 4 heteroatoms. The Morgan fingerprint density at radius 2 is 1.87 bits per heavy atom. The highest BCUT2D eigenvalue weighted by Gasteiger charge is 2.02. The first-order chi connectivity index (χ1) is 7.34. The van der Waals surface area contributed by atoms with Gasteiger partial charge in [0.15, 0.2) is 0 Å². The summed E-state index contributed by atoms with van der Waals surface area (Å²) in [5.74, 6) is 0.732. The Balaban J connectivity index is 1.80. The Bertz CT molecular complexity index is 414. The number of halogens is 1. The fourth-order valence-electron chi connectivity index (χ4n) is 1.42. The van der Waals surface area contributed by atoms with E-state index >= 15 is 0 Å². The van der Waals surface area contributed by atoms with Crippen LogP contribution in [0.2, 0.25) is 0 Å². The number of rotatable bonds is 4. The minimum atomic E-state index is 0.613. The zero-order valence-electron chi connectivity index (χ0n) is 8.19. The third-order valence-corrected chi connectivity index (χ3v) is 2.58. The zero-order valence-corrected chi connectivity index (χ0v) is 10.3. The van der Waals surface area contributed by atoms with E-state index in [4.69, 9.17) is 4.42 Å². The van der Waals surface area contributed by atoms with E-state index in [1.807, 2.05) is 28.7 Å². The molecule has 0 N–H and O–H groups in total. The number of aromatic nitrogens is 2. The average Bonchev–Trinajstić information content (AvgIpc) is 2.66. The van der Waals surface area contributed by atoms with E-state index in [-0.39, 0.29) is 0 Å². The van der Waals surface area contributed by atoms with Crippen molar-refractivity contribution in [2.24, 2.45) is 0 Å². The first-order valence-corrected chi connectivity index (χ1v) is 5.94. The van der Waals surface area contributed by atoms with Crippen LogP contribution in [-0.2, 0) is 12.8 Å². The van der Waals surface area contributed by atoms with Gasteiger partial charge in [-0.25, -0.2) is 0 Å². The molecular weight excluding hydrogens is 303 g/mol. The summed E-state index contributed by atoms with van der Waals surface area (Å²) >= 11 is 2.02. The van der Waals surface area contributed by atoms with Crippen LogP contribution in [0, 0.1) is 3.90 Å². The lowest BCUT2D eigenvalue weighted by Gasteiger charge is -1.98. The van der Waals surface area contributed by atoms with Gasteiger partial charge in [0.1, 0.15) is 0 Å². The Morgan fingerprint density at radius 3 is 2.53 bits per heavy atom. The maximum absolute atomic E-state index is 5.29. The van der Waals surface area contributed by atoms with Crippen LogP contribution in [0.15, 0.2) is 34.7 Å². The fraction of sp³-hybridized carbons (Fsp3) is 0.273. The molecule has 0 atom stereocenters. The molecule has 0 spiro atoms. The number of aryl methyl sites for hydroxylation is 2. The van der Waals surface area contributed by atoms with E-state index in [2.05, 4.69) is 34.5 Å². The molecule has 0 aliphatic heterocycles. The van der Waals surface area contributed by atoms with Gasteiger partial charge in [0, 0.05) is 29.0 Å². The highest BCUT2D eigenvalue weighted by molar-refractivity contribution is 14.1. The van der Waals surface area contributed by atoms with Crippen LogP contribution < -0.4 is 0 Å². The molecule has 78 valence electrons. The maximum atomic E-state index is 5.29. The molecule has 2 rings (SSSR count). The summed E-state index contributed by atoms with van der Waals surface area (Å²) < 4.78 is 5.90. The Morgan fingerprint density at radius 1 is 1.07 bits per heavy atom. The van der Waals surface area contributed by atoms with E-state index < -0.39 is 0 Å². The predicted molar refractivity (Wildman–Crippen MR) is 65.5 cm³/mol. The van der Waals surface area contributed by atoms with Gasteiger partial charge in [-0.15, -0.1) is 10.2 Å². The molecule has 0 radical (unpaired) electrons. The molecule has 1 heterocycles. The van der Waals surface area contributed by atoms with Crippen molar-refractivity contribution in [1.29, 1.82) is 0 Å². The van der Waals surface area contributed by atoms with Gasteiger partial charge < -0.3 is 4.42 Å². The smallest absolute Gasteiger partial charge is 0.278 e. The van der Waals surface area contributed by atoms with Crippen LogP contribution in [0.1, 0.15) is 17.9 Å². The van der Waals surface area contributed by atoms with E-state index in [0.717, 1.165) is 25.2 Å². The molecule has 2 aromatic rings. The monoisotopic (exact) mass is 314 g/mol. The highest BCUT2D eigenvalue weighted by Crippen LogP contribution is 2.08. The Labute approximate surface area is 102 Å². The average molecular weight is 314 g/mol. The Hall–Kier alpha value is -0.910. The van der Waals surface area contributed by atoms with Gasteiger partial charge >= 0.3 is 0 Å². The molecule has 15 heavy (non-hydrogen) atoms. The second-order valence-electron chi connectivity index (χ2n) is 3.29. The van der Waals surface area contributed by atoms with Crippen molar-refractivity contribution in [2.45, 2.75) is 19.3 Å². The third kappa shape index (κ3) is 3.30. The lowest BCUT2D eigenvalue weighted by molar-refractivity contribution is 0.463. The van der Waals surface area contributed by atoms with Crippen LogP contribution in [0.4, 0.5) is 0 Å².